The van der Waals surface area contributed by atoms with Crippen LogP contribution in [0.5, 0.6) is 0 Å². The van der Waals surface area contributed by atoms with Gasteiger partial charge in [-0.25, -0.2) is 4.79 Å². The number of rotatable bonds is 1. The first kappa shape index (κ1) is 11.9. The van der Waals surface area contributed by atoms with Gasteiger partial charge in [-0.15, -0.1) is 0 Å². The molecule has 1 aromatic carbocycles. The predicted molar refractivity (Wildman–Crippen MR) is 65.2 cm³/mol. The first-order chi connectivity index (χ1) is 7.99. The molecule has 0 saturated carbocycles. The Bertz CT molecular complexity index is 667. The Morgan fingerprint density at radius 3 is 2.59 bits per heavy atom. The van der Waals surface area contributed by atoms with Crippen LogP contribution in [0.15, 0.2) is 27.9 Å². The van der Waals surface area contributed by atoms with Gasteiger partial charge in [0.25, 0.3) is 5.56 Å². The molecule has 0 atom stereocenters. The maximum Gasteiger partial charge on any atom is 0.349 e. The Balaban J connectivity index is 2.69. The van der Waals surface area contributed by atoms with Crippen LogP contribution >= 0.6 is 23.2 Å². The lowest BCUT2D eigenvalue weighted by Crippen LogP contribution is -2.30. The monoisotopic (exact) mass is 271 g/mol. The Morgan fingerprint density at radius 2 is 2.00 bits per heavy atom. The van der Waals surface area contributed by atoms with Gasteiger partial charge < -0.3 is 0 Å². The number of hydrogen-bond acceptors (Lipinski definition) is 3. The third-order valence-electron chi connectivity index (χ3n) is 2.15. The van der Waals surface area contributed by atoms with E-state index < -0.39 is 11.2 Å². The molecule has 17 heavy (non-hydrogen) atoms. The highest BCUT2D eigenvalue weighted by atomic mass is 35.5. The smallest absolute Gasteiger partial charge is 0.271 e. The molecular formula is C10H7Cl2N3O2. The van der Waals surface area contributed by atoms with Crippen LogP contribution < -0.4 is 11.2 Å². The van der Waals surface area contributed by atoms with Crippen molar-refractivity contribution in [3.8, 4) is 5.69 Å². The molecule has 0 unspecified atom stereocenters. The van der Waals surface area contributed by atoms with E-state index in [2.05, 4.69) is 10.1 Å². The normalized spacial score (nSPS) is 10.5. The van der Waals surface area contributed by atoms with E-state index in [0.717, 1.165) is 10.9 Å². The van der Waals surface area contributed by atoms with E-state index in [9.17, 15) is 9.59 Å². The van der Waals surface area contributed by atoms with Crippen molar-refractivity contribution < 1.29 is 0 Å². The van der Waals surface area contributed by atoms with Gasteiger partial charge in [-0.1, -0.05) is 23.2 Å². The van der Waals surface area contributed by atoms with Gasteiger partial charge in [0.05, 0.1) is 15.7 Å². The minimum absolute atomic E-state index is 0.321. The summed E-state index contributed by atoms with van der Waals surface area (Å²) < 4.78 is 1.04. The molecule has 0 aliphatic rings. The van der Waals surface area contributed by atoms with E-state index in [1.807, 2.05) is 0 Å². The lowest BCUT2D eigenvalue weighted by Gasteiger charge is -2.06. The molecule has 0 spiro atoms. The topological polar surface area (TPSA) is 67.8 Å². The van der Waals surface area contributed by atoms with Gasteiger partial charge in [0, 0.05) is 0 Å². The zero-order chi connectivity index (χ0) is 12.6. The Hall–Kier alpha value is -1.59. The lowest BCUT2D eigenvalue weighted by molar-refractivity contribution is 0.749. The average Bonchev–Trinajstić information content (AvgIpc) is 2.25. The molecule has 0 bridgehead atoms. The van der Waals surface area contributed by atoms with Crippen LogP contribution in [-0.4, -0.2) is 14.8 Å². The van der Waals surface area contributed by atoms with E-state index in [-0.39, 0.29) is 0 Å². The highest BCUT2D eigenvalue weighted by molar-refractivity contribution is 6.42. The van der Waals surface area contributed by atoms with Gasteiger partial charge >= 0.3 is 5.69 Å². The van der Waals surface area contributed by atoms with E-state index in [0.29, 0.717) is 21.3 Å². The maximum absolute atomic E-state index is 11.5. The first-order valence-corrected chi connectivity index (χ1v) is 5.39. The van der Waals surface area contributed by atoms with Crippen LogP contribution in [0.4, 0.5) is 0 Å². The fraction of sp³-hybridized carbons (Fsp3) is 0.100. The molecule has 0 amide bonds. The number of hydrogen-bond donors (Lipinski definition) is 1. The largest absolute Gasteiger partial charge is 0.349 e. The van der Waals surface area contributed by atoms with E-state index in [1.165, 1.54) is 6.07 Å². The summed E-state index contributed by atoms with van der Waals surface area (Å²) in [6, 6.07) is 3.16. The molecule has 0 aliphatic heterocycles. The molecule has 0 fully saturated rings. The number of halogens is 2. The zero-order valence-corrected chi connectivity index (χ0v) is 10.2. The van der Waals surface area contributed by atoms with Crippen LogP contribution in [-0.2, 0) is 0 Å². The summed E-state index contributed by atoms with van der Waals surface area (Å²) in [6.45, 7) is 1.76. The minimum Gasteiger partial charge on any atom is -0.271 e. The predicted octanol–water partition coefficient (Wildman–Crippen LogP) is 1.54. The number of aromatic amines is 1. The first-order valence-electron chi connectivity index (χ1n) is 4.64. The molecule has 2 rings (SSSR count). The van der Waals surface area contributed by atoms with E-state index in [1.54, 1.807) is 13.0 Å². The van der Waals surface area contributed by atoms with Crippen molar-refractivity contribution in [1.29, 1.82) is 0 Å². The van der Waals surface area contributed by atoms with Gasteiger partial charge in [-0.3, -0.25) is 9.78 Å². The second-order valence-corrected chi connectivity index (χ2v) is 4.19. The number of aromatic nitrogens is 3. The molecule has 2 aromatic rings. The van der Waals surface area contributed by atoms with Crippen molar-refractivity contribution in [2.75, 3.05) is 0 Å². The van der Waals surface area contributed by atoms with Gasteiger partial charge in [-0.05, 0) is 24.6 Å². The Labute approximate surface area is 106 Å². The van der Waals surface area contributed by atoms with Crippen molar-refractivity contribution in [3.63, 3.8) is 0 Å². The summed E-state index contributed by atoms with van der Waals surface area (Å²) in [5.74, 6) is 0. The number of aryl methyl sites for hydroxylation is 1. The molecular weight excluding hydrogens is 265 g/mol. The van der Waals surface area contributed by atoms with E-state index >= 15 is 0 Å². The Kier molecular flexibility index (Phi) is 3.04. The number of H-pyrrole nitrogens is 1. The van der Waals surface area contributed by atoms with Crippen molar-refractivity contribution in [3.05, 3.63) is 54.8 Å². The quantitative estimate of drug-likeness (QED) is 0.856. The summed E-state index contributed by atoms with van der Waals surface area (Å²) in [6.07, 6.45) is 1.01. The van der Waals surface area contributed by atoms with Crippen molar-refractivity contribution in [2.24, 2.45) is 0 Å². The van der Waals surface area contributed by atoms with Gasteiger partial charge in [0.2, 0.25) is 0 Å². The van der Waals surface area contributed by atoms with Crippen molar-refractivity contribution in [2.45, 2.75) is 6.92 Å². The Morgan fingerprint density at radius 1 is 1.29 bits per heavy atom. The second kappa shape index (κ2) is 4.35. The third kappa shape index (κ3) is 2.25. The molecule has 1 N–H and O–H groups in total. The summed E-state index contributed by atoms with van der Waals surface area (Å²) in [5.41, 5.74) is -0.0226. The van der Waals surface area contributed by atoms with Crippen molar-refractivity contribution in [1.82, 2.24) is 14.8 Å². The van der Waals surface area contributed by atoms with Crippen LogP contribution in [0.3, 0.4) is 0 Å². The summed E-state index contributed by atoms with van der Waals surface area (Å²) in [4.78, 5) is 24.5. The molecule has 1 aromatic heterocycles. The lowest BCUT2D eigenvalue weighted by atomic mass is 10.2. The zero-order valence-electron chi connectivity index (χ0n) is 8.70. The molecule has 1 heterocycles. The number of nitrogens with zero attached hydrogens (tertiary/aromatic N) is 2. The van der Waals surface area contributed by atoms with Crippen LogP contribution in [0, 0.1) is 6.92 Å². The number of benzene rings is 1. The molecule has 5 nitrogen and oxygen atoms in total. The van der Waals surface area contributed by atoms with Crippen LogP contribution in [0.2, 0.25) is 10.0 Å². The summed E-state index contributed by atoms with van der Waals surface area (Å²) in [7, 11) is 0. The second-order valence-electron chi connectivity index (χ2n) is 3.41. The average molecular weight is 272 g/mol. The minimum atomic E-state index is -0.629. The molecule has 0 aliphatic carbocycles. The molecule has 0 saturated heterocycles. The standard InChI is InChI=1S/C10H7Cl2N3O2/c1-5-2-6(3-7(11)9(5)12)15-10(17)14-8(16)4-13-15/h2-4H,1H3,(H,14,16,17). The number of nitrogens with one attached hydrogen (secondary N) is 1. The van der Waals surface area contributed by atoms with Crippen LogP contribution in [0.1, 0.15) is 5.56 Å². The fourth-order valence-corrected chi connectivity index (χ4v) is 1.74. The fourth-order valence-electron chi connectivity index (χ4n) is 1.37. The SMILES string of the molecule is Cc1cc(-n2ncc(=O)[nH]c2=O)cc(Cl)c1Cl. The molecule has 88 valence electrons. The molecule has 0 radical (unpaired) electrons. The third-order valence-corrected chi connectivity index (χ3v) is 3.05. The van der Waals surface area contributed by atoms with Crippen molar-refractivity contribution >= 4 is 23.2 Å². The van der Waals surface area contributed by atoms with Crippen LogP contribution in [0.25, 0.3) is 5.69 Å². The summed E-state index contributed by atoms with van der Waals surface area (Å²) >= 11 is 11.8. The molecule has 7 heteroatoms. The summed E-state index contributed by atoms with van der Waals surface area (Å²) in [5, 5.41) is 4.46. The van der Waals surface area contributed by atoms with E-state index in [4.69, 9.17) is 23.2 Å². The highest BCUT2D eigenvalue weighted by Crippen LogP contribution is 2.27. The van der Waals surface area contributed by atoms with Gasteiger partial charge in [0.1, 0.15) is 6.20 Å². The van der Waals surface area contributed by atoms with Gasteiger partial charge in [0.15, 0.2) is 0 Å². The van der Waals surface area contributed by atoms with Gasteiger partial charge in [-0.2, -0.15) is 9.78 Å². The maximum atomic E-state index is 11.5. The highest BCUT2D eigenvalue weighted by Gasteiger charge is 2.08.